The summed E-state index contributed by atoms with van der Waals surface area (Å²) in [6.07, 6.45) is 0. The fourth-order valence-electron chi connectivity index (χ4n) is 1.52. The van der Waals surface area contributed by atoms with Crippen molar-refractivity contribution in [2.24, 2.45) is 5.84 Å². The quantitative estimate of drug-likeness (QED) is 0.258. The number of nitrogens with two attached hydrogens (primary N) is 2. The lowest BCUT2D eigenvalue weighted by Gasteiger charge is -2.06. The third-order valence-corrected chi connectivity index (χ3v) is 5.03. The van der Waals surface area contributed by atoms with Crippen LogP contribution in [-0.2, 0) is 5.75 Å². The lowest BCUT2D eigenvalue weighted by molar-refractivity contribution is 0.0957. The normalized spacial score (nSPS) is 10.4. The van der Waals surface area contributed by atoms with Gasteiger partial charge in [0.2, 0.25) is 0 Å². The first-order valence-corrected chi connectivity index (χ1v) is 8.02. The molecule has 0 atom stereocenters. The minimum atomic E-state index is -0.255. The van der Waals surface area contributed by atoms with Crippen LogP contribution in [0.4, 0.5) is 5.69 Å². The molecule has 2 rings (SSSR count). The molecule has 1 aromatic carbocycles. The largest absolute Gasteiger partial charge is 0.398 e. The molecule has 5 N–H and O–H groups in total. The summed E-state index contributed by atoms with van der Waals surface area (Å²) in [6, 6.07) is 7.69. The number of thioether (sulfide) groups is 1. The molecule has 7 heteroatoms. The first kappa shape index (κ1) is 14.4. The maximum atomic E-state index is 11.6. The van der Waals surface area contributed by atoms with Crippen LogP contribution in [0.3, 0.4) is 0 Å². The van der Waals surface area contributed by atoms with Gasteiger partial charge in [-0.25, -0.2) is 5.84 Å². The zero-order chi connectivity index (χ0) is 13.8. The number of carbonyl (C=O) groups excluding carboxylic acids is 1. The van der Waals surface area contributed by atoms with E-state index in [1.165, 1.54) is 11.3 Å². The molecular weight excluding hydrogens is 346 g/mol. The highest BCUT2D eigenvalue weighted by atomic mass is 79.9. The molecule has 1 aromatic heterocycles. The lowest BCUT2D eigenvalue weighted by atomic mass is 10.3. The molecule has 2 aromatic rings. The molecule has 0 fully saturated rings. The number of rotatable bonds is 4. The number of amides is 1. The number of thiophene rings is 1. The van der Waals surface area contributed by atoms with E-state index in [2.05, 4.69) is 21.4 Å². The molecule has 1 amide bonds. The van der Waals surface area contributed by atoms with Crippen LogP contribution in [0, 0.1) is 0 Å². The number of nitrogen functional groups attached to an aromatic ring is 2. The Morgan fingerprint density at radius 3 is 2.89 bits per heavy atom. The van der Waals surface area contributed by atoms with Crippen molar-refractivity contribution < 1.29 is 4.79 Å². The molecular formula is C12H12BrN3OS2. The molecule has 1 heterocycles. The zero-order valence-electron chi connectivity index (χ0n) is 9.85. The average molecular weight is 358 g/mol. The van der Waals surface area contributed by atoms with Gasteiger partial charge >= 0.3 is 0 Å². The van der Waals surface area contributed by atoms with Gasteiger partial charge in [-0.1, -0.05) is 15.9 Å². The summed E-state index contributed by atoms with van der Waals surface area (Å²) in [6.45, 7) is 0. The molecule has 4 nitrogen and oxygen atoms in total. The van der Waals surface area contributed by atoms with Crippen LogP contribution in [0.1, 0.15) is 15.2 Å². The van der Waals surface area contributed by atoms with Gasteiger partial charge in [0.25, 0.3) is 5.91 Å². The second-order valence-electron chi connectivity index (χ2n) is 3.72. The Morgan fingerprint density at radius 2 is 2.21 bits per heavy atom. The zero-order valence-corrected chi connectivity index (χ0v) is 13.1. The van der Waals surface area contributed by atoms with Crippen molar-refractivity contribution in [2.45, 2.75) is 10.6 Å². The molecule has 0 aliphatic heterocycles. The highest BCUT2D eigenvalue weighted by Gasteiger charge is 2.12. The van der Waals surface area contributed by atoms with Crippen LogP contribution >= 0.6 is 39.0 Å². The van der Waals surface area contributed by atoms with Gasteiger partial charge in [-0.3, -0.25) is 10.2 Å². The summed E-state index contributed by atoms with van der Waals surface area (Å²) in [4.78, 5) is 13.2. The van der Waals surface area contributed by atoms with Crippen LogP contribution < -0.4 is 17.0 Å². The summed E-state index contributed by atoms with van der Waals surface area (Å²) < 4.78 is 0.952. The van der Waals surface area contributed by atoms with Gasteiger partial charge < -0.3 is 5.73 Å². The fourth-order valence-corrected chi connectivity index (χ4v) is 3.76. The van der Waals surface area contributed by atoms with Gasteiger partial charge in [0.05, 0.1) is 4.88 Å². The number of halogens is 1. The molecule has 0 saturated carbocycles. The van der Waals surface area contributed by atoms with Crippen molar-refractivity contribution in [3.63, 3.8) is 0 Å². The standard InChI is InChI=1S/C12H12BrN3OS2/c13-8-1-2-10(9(14)5-8)19-6-7-3-4-18-11(7)12(17)16-15/h1-5H,6,14-15H2,(H,16,17). The molecule has 0 aliphatic carbocycles. The summed E-state index contributed by atoms with van der Waals surface area (Å²) in [5.74, 6) is 5.58. The van der Waals surface area contributed by atoms with Gasteiger partial charge in [0.1, 0.15) is 0 Å². The number of carbonyl (C=O) groups is 1. The predicted octanol–water partition coefficient (Wildman–Crippen LogP) is 2.99. The van der Waals surface area contributed by atoms with Crippen LogP contribution in [0.2, 0.25) is 0 Å². The number of benzene rings is 1. The second kappa shape index (κ2) is 6.42. The molecule has 0 aliphatic rings. The lowest BCUT2D eigenvalue weighted by Crippen LogP contribution is -2.29. The summed E-state index contributed by atoms with van der Waals surface area (Å²) in [7, 11) is 0. The van der Waals surface area contributed by atoms with Crippen molar-refractivity contribution in [2.75, 3.05) is 5.73 Å². The highest BCUT2D eigenvalue weighted by molar-refractivity contribution is 9.10. The Labute approximate surface area is 127 Å². The highest BCUT2D eigenvalue weighted by Crippen LogP contribution is 2.32. The van der Waals surface area contributed by atoms with E-state index in [0.29, 0.717) is 10.6 Å². The predicted molar refractivity (Wildman–Crippen MR) is 84.1 cm³/mol. The maximum absolute atomic E-state index is 11.6. The number of nitrogens with one attached hydrogen (secondary N) is 1. The smallest absolute Gasteiger partial charge is 0.275 e. The Hall–Kier alpha value is -1.02. The molecule has 0 unspecified atom stereocenters. The number of hydrogen-bond acceptors (Lipinski definition) is 5. The summed E-state index contributed by atoms with van der Waals surface area (Å²) in [5.41, 5.74) is 9.77. The Bertz CT molecular complexity index is 600. The summed E-state index contributed by atoms with van der Waals surface area (Å²) in [5, 5.41) is 1.88. The third kappa shape index (κ3) is 3.50. The van der Waals surface area contributed by atoms with Crippen molar-refractivity contribution in [1.82, 2.24) is 5.43 Å². The van der Waals surface area contributed by atoms with E-state index in [0.717, 1.165) is 20.6 Å². The topological polar surface area (TPSA) is 81.1 Å². The minimum absolute atomic E-state index is 0.255. The SMILES string of the molecule is NNC(=O)c1sccc1CSc1ccc(Br)cc1N. The molecule has 19 heavy (non-hydrogen) atoms. The van der Waals surface area contributed by atoms with E-state index in [4.69, 9.17) is 11.6 Å². The van der Waals surface area contributed by atoms with E-state index in [9.17, 15) is 4.79 Å². The van der Waals surface area contributed by atoms with Crippen LogP contribution in [0.25, 0.3) is 0 Å². The van der Waals surface area contributed by atoms with E-state index in [1.54, 1.807) is 11.8 Å². The monoisotopic (exact) mass is 357 g/mol. The molecule has 0 bridgehead atoms. The van der Waals surface area contributed by atoms with E-state index in [1.807, 2.05) is 29.6 Å². The van der Waals surface area contributed by atoms with Crippen LogP contribution in [0.5, 0.6) is 0 Å². The number of hydrogen-bond donors (Lipinski definition) is 3. The van der Waals surface area contributed by atoms with Gasteiger partial charge in [-0.15, -0.1) is 23.1 Å². The fraction of sp³-hybridized carbons (Fsp3) is 0.0833. The molecule has 0 radical (unpaired) electrons. The van der Waals surface area contributed by atoms with Crippen molar-refractivity contribution >= 4 is 50.6 Å². The summed E-state index contributed by atoms with van der Waals surface area (Å²) >= 11 is 6.35. The Balaban J connectivity index is 2.10. The van der Waals surface area contributed by atoms with Gasteiger partial charge in [0, 0.05) is 20.8 Å². The Morgan fingerprint density at radius 1 is 1.42 bits per heavy atom. The second-order valence-corrected chi connectivity index (χ2v) is 6.57. The van der Waals surface area contributed by atoms with Crippen molar-refractivity contribution in [3.8, 4) is 0 Å². The molecule has 100 valence electrons. The van der Waals surface area contributed by atoms with Crippen LogP contribution in [-0.4, -0.2) is 5.91 Å². The van der Waals surface area contributed by atoms with Gasteiger partial charge in [-0.2, -0.15) is 0 Å². The Kier molecular flexibility index (Phi) is 4.87. The van der Waals surface area contributed by atoms with Gasteiger partial charge in [-0.05, 0) is 35.2 Å². The van der Waals surface area contributed by atoms with E-state index in [-0.39, 0.29) is 5.91 Å². The molecule has 0 spiro atoms. The number of anilines is 1. The minimum Gasteiger partial charge on any atom is -0.398 e. The first-order chi connectivity index (χ1) is 9.11. The van der Waals surface area contributed by atoms with Crippen molar-refractivity contribution in [1.29, 1.82) is 0 Å². The van der Waals surface area contributed by atoms with E-state index < -0.39 is 0 Å². The van der Waals surface area contributed by atoms with Gasteiger partial charge in [0.15, 0.2) is 0 Å². The van der Waals surface area contributed by atoms with Crippen molar-refractivity contribution in [3.05, 3.63) is 44.6 Å². The third-order valence-electron chi connectivity index (χ3n) is 2.44. The first-order valence-electron chi connectivity index (χ1n) is 5.37. The van der Waals surface area contributed by atoms with Crippen LogP contribution in [0.15, 0.2) is 39.0 Å². The average Bonchev–Trinajstić information content (AvgIpc) is 2.85. The maximum Gasteiger partial charge on any atom is 0.275 e. The number of hydrazine groups is 1. The molecule has 0 saturated heterocycles. The van der Waals surface area contributed by atoms with E-state index >= 15 is 0 Å².